The lowest BCUT2D eigenvalue weighted by Gasteiger charge is -2.23. The van der Waals surface area contributed by atoms with Gasteiger partial charge >= 0.3 is 5.97 Å². The summed E-state index contributed by atoms with van der Waals surface area (Å²) in [6, 6.07) is 0. The van der Waals surface area contributed by atoms with Crippen molar-refractivity contribution >= 4 is 29.3 Å². The number of aliphatic hydroxyl groups is 2. The number of halogens is 1. The molecule has 0 fully saturated rings. The second-order valence-electron chi connectivity index (χ2n) is 5.05. The second-order valence-corrected chi connectivity index (χ2v) is 6.77. The van der Waals surface area contributed by atoms with E-state index < -0.39 is 11.7 Å². The standard InChI is InChI=1S/C12H23ClO4S/c1-12(2,3)17-11(16)7-10(18-5-4-14)6-9(15)8-13/h9-10,14-15H,4-8H2,1-3H3. The highest BCUT2D eigenvalue weighted by molar-refractivity contribution is 7.99. The zero-order valence-corrected chi connectivity index (χ0v) is 12.8. The van der Waals surface area contributed by atoms with Gasteiger partial charge in [0, 0.05) is 16.9 Å². The Balaban J connectivity index is 4.25. The molecule has 4 nitrogen and oxygen atoms in total. The quantitative estimate of drug-likeness (QED) is 0.528. The molecule has 0 amide bonds. The van der Waals surface area contributed by atoms with Gasteiger partial charge in [0.05, 0.1) is 19.1 Å². The molecule has 0 radical (unpaired) electrons. The van der Waals surface area contributed by atoms with Gasteiger partial charge in [0.1, 0.15) is 5.60 Å². The third-order valence-electron chi connectivity index (χ3n) is 1.97. The van der Waals surface area contributed by atoms with E-state index in [1.807, 2.05) is 20.8 Å². The number of esters is 1. The average Bonchev–Trinajstić information content (AvgIpc) is 2.22. The van der Waals surface area contributed by atoms with Crippen LogP contribution in [0.5, 0.6) is 0 Å². The van der Waals surface area contributed by atoms with Crippen molar-refractivity contribution in [3.05, 3.63) is 0 Å². The van der Waals surface area contributed by atoms with Crippen LogP contribution in [0.3, 0.4) is 0 Å². The van der Waals surface area contributed by atoms with Gasteiger partial charge in [-0.25, -0.2) is 0 Å². The van der Waals surface area contributed by atoms with Crippen LogP contribution in [-0.2, 0) is 9.53 Å². The summed E-state index contributed by atoms with van der Waals surface area (Å²) in [6.45, 7) is 5.49. The van der Waals surface area contributed by atoms with Gasteiger partial charge in [-0.2, -0.15) is 11.8 Å². The van der Waals surface area contributed by atoms with Crippen molar-refractivity contribution in [1.82, 2.24) is 0 Å². The third-order valence-corrected chi connectivity index (χ3v) is 3.58. The fourth-order valence-electron chi connectivity index (χ4n) is 1.37. The number of carbonyl (C=O) groups is 1. The Hall–Kier alpha value is 0.0300. The lowest BCUT2D eigenvalue weighted by molar-refractivity contribution is -0.154. The summed E-state index contributed by atoms with van der Waals surface area (Å²) >= 11 is 7.00. The summed E-state index contributed by atoms with van der Waals surface area (Å²) in [5, 5.41) is 18.2. The number of carbonyl (C=O) groups excluding carboxylic acids is 1. The molecule has 0 aliphatic heterocycles. The molecule has 6 heteroatoms. The minimum Gasteiger partial charge on any atom is -0.460 e. The van der Waals surface area contributed by atoms with Crippen molar-refractivity contribution in [3.8, 4) is 0 Å². The van der Waals surface area contributed by atoms with E-state index in [1.54, 1.807) is 0 Å². The molecule has 2 unspecified atom stereocenters. The Labute approximate surface area is 118 Å². The average molecular weight is 299 g/mol. The summed E-state index contributed by atoms with van der Waals surface area (Å²) in [7, 11) is 0. The SMILES string of the molecule is CC(C)(C)OC(=O)CC(CC(O)CCl)SCCO. The predicted octanol–water partition coefficient (Wildman–Crippen LogP) is 1.80. The maximum atomic E-state index is 11.7. The zero-order chi connectivity index (χ0) is 14.2. The minimum atomic E-state index is -0.634. The zero-order valence-electron chi connectivity index (χ0n) is 11.2. The van der Waals surface area contributed by atoms with Gasteiger partial charge in [-0.3, -0.25) is 4.79 Å². The molecule has 0 rings (SSSR count). The van der Waals surface area contributed by atoms with Crippen LogP contribution >= 0.6 is 23.4 Å². The highest BCUT2D eigenvalue weighted by Crippen LogP contribution is 2.22. The topological polar surface area (TPSA) is 66.8 Å². The number of alkyl halides is 1. The van der Waals surface area contributed by atoms with E-state index in [1.165, 1.54) is 11.8 Å². The van der Waals surface area contributed by atoms with Crippen molar-refractivity contribution in [2.75, 3.05) is 18.2 Å². The van der Waals surface area contributed by atoms with Crippen LogP contribution in [0.1, 0.15) is 33.6 Å². The lowest BCUT2D eigenvalue weighted by atomic mass is 10.1. The Bertz CT molecular complexity index is 243. The number of hydrogen-bond donors (Lipinski definition) is 2. The van der Waals surface area contributed by atoms with E-state index in [-0.39, 0.29) is 30.1 Å². The third kappa shape index (κ3) is 10.00. The summed E-state index contributed by atoms with van der Waals surface area (Å²) < 4.78 is 5.23. The van der Waals surface area contributed by atoms with E-state index >= 15 is 0 Å². The lowest BCUT2D eigenvalue weighted by Crippen LogP contribution is -2.27. The van der Waals surface area contributed by atoms with E-state index in [4.69, 9.17) is 21.4 Å². The Kier molecular flexibility index (Phi) is 9.03. The fourth-order valence-corrected chi connectivity index (χ4v) is 2.54. The smallest absolute Gasteiger partial charge is 0.307 e. The summed E-state index contributed by atoms with van der Waals surface area (Å²) in [6.07, 6.45) is 0.00817. The van der Waals surface area contributed by atoms with E-state index in [2.05, 4.69) is 0 Å². The highest BCUT2D eigenvalue weighted by atomic mass is 35.5. The molecule has 18 heavy (non-hydrogen) atoms. The van der Waals surface area contributed by atoms with Crippen LogP contribution in [0.15, 0.2) is 0 Å². The van der Waals surface area contributed by atoms with Gasteiger partial charge in [-0.1, -0.05) is 0 Å². The molecule has 0 saturated carbocycles. The van der Waals surface area contributed by atoms with E-state index in [0.29, 0.717) is 12.2 Å². The normalized spacial score (nSPS) is 15.2. The predicted molar refractivity (Wildman–Crippen MR) is 75.1 cm³/mol. The molecule has 0 heterocycles. The van der Waals surface area contributed by atoms with E-state index in [9.17, 15) is 9.90 Å². The van der Waals surface area contributed by atoms with Crippen LogP contribution in [0.25, 0.3) is 0 Å². The second kappa shape index (κ2) is 9.02. The number of rotatable bonds is 8. The summed E-state index contributed by atoms with van der Waals surface area (Å²) in [5.74, 6) is 0.382. The summed E-state index contributed by atoms with van der Waals surface area (Å²) in [4.78, 5) is 11.7. The maximum absolute atomic E-state index is 11.7. The monoisotopic (exact) mass is 298 g/mol. The van der Waals surface area contributed by atoms with Crippen molar-refractivity contribution in [2.24, 2.45) is 0 Å². The first-order valence-corrected chi connectivity index (χ1v) is 7.55. The maximum Gasteiger partial charge on any atom is 0.307 e. The molecule has 0 aromatic heterocycles. The number of hydrogen-bond acceptors (Lipinski definition) is 5. The first-order valence-electron chi connectivity index (χ1n) is 5.96. The molecule has 0 aromatic rings. The van der Waals surface area contributed by atoms with Crippen molar-refractivity contribution in [1.29, 1.82) is 0 Å². The molecule has 2 atom stereocenters. The van der Waals surface area contributed by atoms with Crippen LogP contribution in [0, 0.1) is 0 Å². The molecule has 0 saturated heterocycles. The van der Waals surface area contributed by atoms with Gasteiger partial charge < -0.3 is 14.9 Å². The minimum absolute atomic E-state index is 0.0481. The van der Waals surface area contributed by atoms with Crippen molar-refractivity contribution in [2.45, 2.75) is 50.6 Å². The molecule has 0 bridgehead atoms. The molecule has 108 valence electrons. The van der Waals surface area contributed by atoms with Crippen LogP contribution in [0.2, 0.25) is 0 Å². The van der Waals surface area contributed by atoms with E-state index in [0.717, 1.165) is 0 Å². The molecule has 0 aliphatic carbocycles. The number of aliphatic hydroxyl groups excluding tert-OH is 2. The van der Waals surface area contributed by atoms with Gasteiger partial charge in [-0.05, 0) is 27.2 Å². The van der Waals surface area contributed by atoms with Crippen molar-refractivity contribution < 1.29 is 19.7 Å². The van der Waals surface area contributed by atoms with Crippen molar-refractivity contribution in [3.63, 3.8) is 0 Å². The highest BCUT2D eigenvalue weighted by Gasteiger charge is 2.22. The first-order chi connectivity index (χ1) is 8.28. The molecule has 0 spiro atoms. The number of thioether (sulfide) groups is 1. The van der Waals surface area contributed by atoms with Gasteiger partial charge in [0.2, 0.25) is 0 Å². The van der Waals surface area contributed by atoms with Crippen LogP contribution in [0.4, 0.5) is 0 Å². The van der Waals surface area contributed by atoms with Gasteiger partial charge in [0.25, 0.3) is 0 Å². The molecule has 0 aromatic carbocycles. The molecular formula is C12H23ClO4S. The Morgan fingerprint density at radius 2 is 2.06 bits per heavy atom. The largest absolute Gasteiger partial charge is 0.460 e. The van der Waals surface area contributed by atoms with Gasteiger partial charge in [-0.15, -0.1) is 11.6 Å². The Morgan fingerprint density at radius 1 is 1.44 bits per heavy atom. The summed E-state index contributed by atoms with van der Waals surface area (Å²) in [5.41, 5.74) is -0.506. The van der Waals surface area contributed by atoms with Crippen LogP contribution in [-0.4, -0.2) is 51.4 Å². The molecule has 2 N–H and O–H groups in total. The molecular weight excluding hydrogens is 276 g/mol. The Morgan fingerprint density at radius 3 is 2.50 bits per heavy atom. The molecule has 0 aliphatic rings. The fraction of sp³-hybridized carbons (Fsp3) is 0.917. The first kappa shape index (κ1) is 18.0. The number of ether oxygens (including phenoxy) is 1. The van der Waals surface area contributed by atoms with Gasteiger partial charge in [0.15, 0.2) is 0 Å². The van der Waals surface area contributed by atoms with Crippen LogP contribution < -0.4 is 0 Å².